The molecule has 1 amide bonds. The molecule has 1 aromatic heterocycles. The van der Waals surface area contributed by atoms with Crippen molar-refractivity contribution in [3.63, 3.8) is 0 Å². The van der Waals surface area contributed by atoms with Crippen molar-refractivity contribution in [3.8, 4) is 5.75 Å². The van der Waals surface area contributed by atoms with Crippen LogP contribution in [-0.2, 0) is 14.8 Å². The molecule has 0 unspecified atom stereocenters. The zero-order valence-corrected chi connectivity index (χ0v) is 20.8. The average molecular weight is 518 g/mol. The van der Waals surface area contributed by atoms with Crippen LogP contribution in [0.1, 0.15) is 24.8 Å². The largest absolute Gasteiger partial charge is 0.491 e. The Balaban J connectivity index is 1.19. The molecule has 0 atom stereocenters. The third kappa shape index (κ3) is 5.16. The Bertz CT molecular complexity index is 1220. The molecule has 11 heteroatoms. The molecule has 3 aliphatic rings. The van der Waals surface area contributed by atoms with Gasteiger partial charge in [-0.3, -0.25) is 14.8 Å². The fourth-order valence-electron chi connectivity index (χ4n) is 4.70. The summed E-state index contributed by atoms with van der Waals surface area (Å²) in [6, 6.07) is 9.41. The predicted octanol–water partition coefficient (Wildman–Crippen LogP) is 2.51. The normalized spacial score (nSPS) is 20.1. The van der Waals surface area contributed by atoms with Gasteiger partial charge in [-0.2, -0.15) is 4.31 Å². The number of hydrogen-bond acceptors (Lipinski definition) is 7. The Hall–Kier alpha value is -2.66. The maximum Gasteiger partial charge on any atom is 0.252 e. The quantitative estimate of drug-likeness (QED) is 0.651. The van der Waals surface area contributed by atoms with Crippen LogP contribution in [0.2, 0.25) is 5.02 Å². The Morgan fingerprint density at radius 2 is 1.83 bits per heavy atom. The molecule has 0 radical (unpaired) electrons. The number of fused-ring (bicyclic) bond motifs is 1. The number of pyridine rings is 1. The van der Waals surface area contributed by atoms with E-state index in [1.807, 2.05) is 12.1 Å². The van der Waals surface area contributed by atoms with Crippen molar-refractivity contribution in [1.82, 2.24) is 19.7 Å². The van der Waals surface area contributed by atoms with Crippen molar-refractivity contribution in [2.45, 2.75) is 25.3 Å². The van der Waals surface area contributed by atoms with Crippen LogP contribution < -0.4 is 15.1 Å². The van der Waals surface area contributed by atoms with Gasteiger partial charge in [0.2, 0.25) is 10.0 Å². The molecule has 9 nitrogen and oxygen atoms in total. The van der Waals surface area contributed by atoms with E-state index < -0.39 is 10.0 Å². The molecule has 0 spiro atoms. The second-order valence-corrected chi connectivity index (χ2v) is 11.2. The van der Waals surface area contributed by atoms with Gasteiger partial charge < -0.3 is 9.64 Å². The number of ether oxygens (including phenoxy) is 1. The number of nitrogens with zero attached hydrogens (tertiary/aromatic N) is 4. The summed E-state index contributed by atoms with van der Waals surface area (Å²) in [5, 5.41) is 2.03. The van der Waals surface area contributed by atoms with Gasteiger partial charge in [-0.05, 0) is 37.1 Å². The monoisotopic (exact) mass is 517 g/mol. The van der Waals surface area contributed by atoms with Crippen molar-refractivity contribution < 1.29 is 17.9 Å². The first-order valence-electron chi connectivity index (χ1n) is 11.8. The number of nitrogens with one attached hydrogen (secondary N) is 1. The zero-order chi connectivity index (χ0) is 24.4. The summed E-state index contributed by atoms with van der Waals surface area (Å²) in [5.41, 5.74) is 5.11. The number of hydrazine groups is 1. The summed E-state index contributed by atoms with van der Waals surface area (Å²) in [4.78, 5) is 19.5. The average Bonchev–Trinajstić information content (AvgIpc) is 3.10. The van der Waals surface area contributed by atoms with Crippen LogP contribution in [0.3, 0.4) is 0 Å². The molecule has 0 bridgehead atoms. The summed E-state index contributed by atoms with van der Waals surface area (Å²) in [5.74, 6) is 0.241. The lowest BCUT2D eigenvalue weighted by Gasteiger charge is -2.39. The molecule has 5 rings (SSSR count). The summed E-state index contributed by atoms with van der Waals surface area (Å²) >= 11 is 6.20. The summed E-state index contributed by atoms with van der Waals surface area (Å²) < 4.78 is 33.7. The lowest BCUT2D eigenvalue weighted by Crippen LogP contribution is -2.60. The van der Waals surface area contributed by atoms with E-state index in [9.17, 15) is 13.2 Å². The number of anilines is 1. The number of halogens is 1. The number of benzene rings is 1. The van der Waals surface area contributed by atoms with Gasteiger partial charge in [0.05, 0.1) is 29.6 Å². The molecular weight excluding hydrogens is 490 g/mol. The van der Waals surface area contributed by atoms with Gasteiger partial charge in [-0.1, -0.05) is 23.7 Å². The van der Waals surface area contributed by atoms with Crippen LogP contribution in [0.4, 0.5) is 5.69 Å². The van der Waals surface area contributed by atoms with Crippen molar-refractivity contribution in [1.29, 1.82) is 0 Å². The van der Waals surface area contributed by atoms with E-state index in [4.69, 9.17) is 16.3 Å². The molecule has 3 aliphatic heterocycles. The maximum absolute atomic E-state index is 13.4. The number of para-hydroxylation sites is 1. The van der Waals surface area contributed by atoms with Gasteiger partial charge in [0, 0.05) is 55.7 Å². The van der Waals surface area contributed by atoms with Crippen LogP contribution >= 0.6 is 11.6 Å². The van der Waals surface area contributed by atoms with Crippen LogP contribution in [0.25, 0.3) is 6.08 Å². The molecule has 186 valence electrons. The molecule has 0 saturated carbocycles. The van der Waals surface area contributed by atoms with Gasteiger partial charge >= 0.3 is 0 Å². The van der Waals surface area contributed by atoms with Gasteiger partial charge in [0.1, 0.15) is 5.75 Å². The Morgan fingerprint density at radius 1 is 1.06 bits per heavy atom. The second kappa shape index (κ2) is 10.1. The molecule has 4 heterocycles. The molecule has 2 saturated heterocycles. The standard InChI is InChI=1S/C24H28ClN5O4S/c25-22-3-1-2-18-16-21(8-15-34-24(18)22)35(32,33)29-13-14-30(23(31)17-29)27-19-6-11-28(12-7-19)20-4-9-26-10-5-20/h1-5,9-10,16,19,27H,6-8,11-15,17H2. The van der Waals surface area contributed by atoms with E-state index in [-0.39, 0.29) is 43.0 Å². The summed E-state index contributed by atoms with van der Waals surface area (Å²) in [6.07, 6.45) is 7.19. The van der Waals surface area contributed by atoms with E-state index >= 15 is 0 Å². The highest BCUT2D eigenvalue weighted by Gasteiger charge is 2.35. The third-order valence-corrected chi connectivity index (χ3v) is 8.90. The molecule has 0 aliphatic carbocycles. The van der Waals surface area contributed by atoms with E-state index in [0.29, 0.717) is 22.9 Å². The maximum atomic E-state index is 13.4. The first-order valence-corrected chi connectivity index (χ1v) is 13.6. The minimum atomic E-state index is -3.81. The molecule has 1 aromatic carbocycles. The van der Waals surface area contributed by atoms with E-state index in [1.165, 1.54) is 4.31 Å². The lowest BCUT2D eigenvalue weighted by atomic mass is 10.1. The van der Waals surface area contributed by atoms with Crippen LogP contribution in [0.5, 0.6) is 5.75 Å². The molecule has 1 N–H and O–H groups in total. The SMILES string of the molecule is O=C1CN(S(=O)(=O)C2=Cc3cccc(Cl)c3OCC2)CCN1NC1CCN(c2ccncc2)CC1. The number of sulfonamides is 1. The van der Waals surface area contributed by atoms with E-state index in [2.05, 4.69) is 15.3 Å². The number of aromatic nitrogens is 1. The van der Waals surface area contributed by atoms with Crippen molar-refractivity contribution in [3.05, 3.63) is 58.2 Å². The van der Waals surface area contributed by atoms with Gasteiger partial charge in [-0.25, -0.2) is 13.8 Å². The number of piperazine rings is 1. The summed E-state index contributed by atoms with van der Waals surface area (Å²) in [7, 11) is -3.81. The topological polar surface area (TPSA) is 95.1 Å². The number of amides is 1. The molecule has 35 heavy (non-hydrogen) atoms. The van der Waals surface area contributed by atoms with Gasteiger partial charge in [0.25, 0.3) is 5.91 Å². The second-order valence-electron chi connectivity index (χ2n) is 8.85. The highest BCUT2D eigenvalue weighted by atomic mass is 35.5. The third-order valence-electron chi connectivity index (χ3n) is 6.63. The highest BCUT2D eigenvalue weighted by Crippen LogP contribution is 2.35. The summed E-state index contributed by atoms with van der Waals surface area (Å²) in [6.45, 7) is 2.31. The Labute approximate surface area is 210 Å². The van der Waals surface area contributed by atoms with Gasteiger partial charge in [-0.15, -0.1) is 0 Å². The van der Waals surface area contributed by atoms with Crippen LogP contribution in [0.15, 0.2) is 47.6 Å². The molecular formula is C24H28ClN5O4S. The minimum absolute atomic E-state index is 0.170. The Morgan fingerprint density at radius 3 is 2.57 bits per heavy atom. The van der Waals surface area contributed by atoms with E-state index in [0.717, 1.165) is 31.6 Å². The fourth-order valence-corrected chi connectivity index (χ4v) is 6.48. The number of rotatable bonds is 5. The van der Waals surface area contributed by atoms with Crippen molar-refractivity contribution in [2.24, 2.45) is 0 Å². The predicted molar refractivity (Wildman–Crippen MR) is 134 cm³/mol. The molecule has 2 aromatic rings. The zero-order valence-electron chi connectivity index (χ0n) is 19.3. The number of hydrogen-bond donors (Lipinski definition) is 1. The van der Waals surface area contributed by atoms with Crippen LogP contribution in [-0.4, -0.2) is 74.0 Å². The number of piperidine rings is 1. The van der Waals surface area contributed by atoms with Gasteiger partial charge in [0.15, 0.2) is 0 Å². The van der Waals surface area contributed by atoms with E-state index in [1.54, 1.807) is 41.7 Å². The van der Waals surface area contributed by atoms with Crippen molar-refractivity contribution in [2.75, 3.05) is 44.2 Å². The minimum Gasteiger partial charge on any atom is -0.491 e. The first-order chi connectivity index (χ1) is 16.9. The van der Waals surface area contributed by atoms with Crippen LogP contribution in [0, 0.1) is 0 Å². The fraction of sp³-hybridized carbons (Fsp3) is 0.417. The molecule has 2 fully saturated rings. The van der Waals surface area contributed by atoms with Crippen molar-refractivity contribution >= 4 is 39.3 Å². The number of carbonyl (C=O) groups excluding carboxylic acids is 1. The first kappa shape index (κ1) is 24.1. The highest BCUT2D eigenvalue weighted by molar-refractivity contribution is 7.93. The smallest absolute Gasteiger partial charge is 0.252 e. The number of carbonyl (C=O) groups is 1. The lowest BCUT2D eigenvalue weighted by molar-refractivity contribution is -0.138. The Kier molecular flexibility index (Phi) is 6.97.